The predicted molar refractivity (Wildman–Crippen MR) is 68.4 cm³/mol. The summed E-state index contributed by atoms with van der Waals surface area (Å²) in [6.07, 6.45) is 0. The van der Waals surface area contributed by atoms with Crippen LogP contribution in [0.2, 0.25) is 0 Å². The number of hydrogen-bond acceptors (Lipinski definition) is 1. The van der Waals surface area contributed by atoms with E-state index in [0.717, 1.165) is 8.58 Å². The molecule has 0 aliphatic carbocycles. The summed E-state index contributed by atoms with van der Waals surface area (Å²) in [5, 5.41) is 0. The van der Waals surface area contributed by atoms with E-state index in [4.69, 9.17) is 0 Å². The third kappa shape index (κ3) is 2.52. The normalized spacial score (nSPS) is 16.6. The van der Waals surface area contributed by atoms with E-state index in [-0.39, 0.29) is 0 Å². The van der Waals surface area contributed by atoms with Gasteiger partial charge in [0.15, 0.2) is 0 Å². The van der Waals surface area contributed by atoms with E-state index in [1.54, 1.807) is 9.24 Å². The van der Waals surface area contributed by atoms with Gasteiger partial charge in [-0.15, -0.1) is 0 Å². The molecule has 1 rings (SSSR count). The van der Waals surface area contributed by atoms with Gasteiger partial charge in [0.2, 0.25) is 0 Å². The molecular weight excluding hydrogens is 202 g/mol. The molecule has 70 valence electrons. The second-order valence-electron chi connectivity index (χ2n) is 4.97. The van der Waals surface area contributed by atoms with Crippen molar-refractivity contribution in [3.8, 4) is 0 Å². The van der Waals surface area contributed by atoms with Crippen LogP contribution >= 0.6 is 26.5 Å². The molecular formula is C9H18P2S. The molecule has 1 aromatic rings. The van der Waals surface area contributed by atoms with Gasteiger partial charge in [-0.2, -0.15) is 0 Å². The van der Waals surface area contributed by atoms with Gasteiger partial charge in [0.1, 0.15) is 0 Å². The Bertz CT molecular complexity index is 271. The van der Waals surface area contributed by atoms with Gasteiger partial charge in [-0.05, 0) is 0 Å². The minimum atomic E-state index is -1.47. The van der Waals surface area contributed by atoms with E-state index in [0.29, 0.717) is 0 Å². The minimum absolute atomic E-state index is 0.956. The molecule has 1 unspecified atom stereocenters. The number of thiophene rings is 1. The van der Waals surface area contributed by atoms with Crippen molar-refractivity contribution in [1.82, 2.24) is 0 Å². The zero-order chi connectivity index (χ0) is 9.43. The van der Waals surface area contributed by atoms with Gasteiger partial charge in [0, 0.05) is 0 Å². The van der Waals surface area contributed by atoms with E-state index in [9.17, 15) is 0 Å². The molecule has 0 saturated heterocycles. The Morgan fingerprint density at radius 3 is 2.00 bits per heavy atom. The molecule has 0 saturated carbocycles. The van der Waals surface area contributed by atoms with Crippen molar-refractivity contribution in [2.24, 2.45) is 0 Å². The summed E-state index contributed by atoms with van der Waals surface area (Å²) in [6.45, 7) is 10.5. The van der Waals surface area contributed by atoms with Gasteiger partial charge in [-0.25, -0.2) is 0 Å². The van der Waals surface area contributed by atoms with Gasteiger partial charge in [0.05, 0.1) is 0 Å². The Labute approximate surface area is 81.5 Å². The van der Waals surface area contributed by atoms with Crippen LogP contribution in [0.3, 0.4) is 0 Å². The van der Waals surface area contributed by atoms with E-state index < -0.39 is 6.60 Å². The molecule has 0 aliphatic heterocycles. The average molecular weight is 220 g/mol. The second-order valence-corrected chi connectivity index (χ2v) is 15.4. The summed E-state index contributed by atoms with van der Waals surface area (Å²) in [6, 6.07) is 4.62. The van der Waals surface area contributed by atoms with E-state index >= 15 is 0 Å². The molecule has 0 amide bonds. The molecule has 1 heterocycles. The Hall–Kier alpha value is 0.560. The van der Waals surface area contributed by atoms with Crippen LogP contribution in [0.1, 0.15) is 0 Å². The van der Waals surface area contributed by atoms with Crippen molar-refractivity contribution in [3.05, 3.63) is 12.1 Å². The van der Waals surface area contributed by atoms with Gasteiger partial charge in [-0.3, -0.25) is 0 Å². The molecule has 0 spiro atoms. The third-order valence-electron chi connectivity index (χ3n) is 1.72. The number of rotatable bonds is 2. The summed E-state index contributed by atoms with van der Waals surface area (Å²) in [4.78, 5) is 0. The van der Waals surface area contributed by atoms with E-state index in [1.807, 2.05) is 11.3 Å². The van der Waals surface area contributed by atoms with Crippen molar-refractivity contribution in [2.75, 3.05) is 33.3 Å². The van der Waals surface area contributed by atoms with Crippen molar-refractivity contribution in [2.45, 2.75) is 0 Å². The van der Waals surface area contributed by atoms with E-state index in [1.165, 1.54) is 0 Å². The van der Waals surface area contributed by atoms with Crippen molar-refractivity contribution < 1.29 is 0 Å². The van der Waals surface area contributed by atoms with E-state index in [2.05, 4.69) is 45.5 Å². The van der Waals surface area contributed by atoms with Gasteiger partial charge in [-0.1, -0.05) is 0 Å². The maximum absolute atomic E-state index is 2.42. The Morgan fingerprint density at radius 2 is 1.75 bits per heavy atom. The average Bonchev–Trinajstić information content (AvgIpc) is 2.30. The topological polar surface area (TPSA) is 0 Å². The van der Waals surface area contributed by atoms with Gasteiger partial charge < -0.3 is 0 Å². The quantitative estimate of drug-likeness (QED) is 0.671. The first-order valence-corrected chi connectivity index (χ1v) is 10.4. The van der Waals surface area contributed by atoms with Crippen molar-refractivity contribution >= 4 is 35.8 Å². The van der Waals surface area contributed by atoms with Crippen molar-refractivity contribution in [3.63, 3.8) is 0 Å². The Balaban J connectivity index is 3.05. The molecule has 0 nitrogen and oxygen atoms in total. The standard InChI is InChI=1S/C9H18P2S/c1-10-8-6-7-9(12-8)11(2,3,4)5/h6-7,10H,1-5H3. The first kappa shape index (κ1) is 10.6. The molecule has 0 aliphatic rings. The predicted octanol–water partition coefficient (Wildman–Crippen LogP) is 2.38. The molecule has 0 radical (unpaired) electrons. The van der Waals surface area contributed by atoms with Crippen LogP contribution < -0.4 is 9.24 Å². The molecule has 0 bridgehead atoms. The van der Waals surface area contributed by atoms with Crippen LogP contribution in [-0.4, -0.2) is 33.3 Å². The van der Waals surface area contributed by atoms with Crippen LogP contribution in [0.4, 0.5) is 0 Å². The maximum atomic E-state index is 2.42. The molecule has 12 heavy (non-hydrogen) atoms. The summed E-state index contributed by atoms with van der Waals surface area (Å²) >= 11 is 2.01. The zero-order valence-electron chi connectivity index (χ0n) is 8.51. The second kappa shape index (κ2) is 3.05. The molecule has 0 aromatic carbocycles. The molecule has 3 heteroatoms. The van der Waals surface area contributed by atoms with Crippen LogP contribution in [0.25, 0.3) is 0 Å². The Kier molecular flexibility index (Phi) is 2.70. The van der Waals surface area contributed by atoms with Crippen molar-refractivity contribution in [1.29, 1.82) is 0 Å². The molecule has 1 aromatic heterocycles. The number of hydrogen-bond donors (Lipinski definition) is 0. The van der Waals surface area contributed by atoms with Crippen LogP contribution in [0, 0.1) is 0 Å². The first-order valence-electron chi connectivity index (χ1n) is 4.08. The SMILES string of the molecule is CPc1ccc(P(C)(C)(C)C)s1. The summed E-state index contributed by atoms with van der Waals surface area (Å²) in [7, 11) is 0.956. The summed E-state index contributed by atoms with van der Waals surface area (Å²) in [5.74, 6) is 0. The first-order chi connectivity index (χ1) is 5.30. The molecule has 1 atom stereocenters. The van der Waals surface area contributed by atoms with Crippen LogP contribution in [0.15, 0.2) is 12.1 Å². The molecule has 0 N–H and O–H groups in total. The Morgan fingerprint density at radius 1 is 1.17 bits per heavy atom. The third-order valence-corrected chi connectivity index (χ3v) is 8.38. The van der Waals surface area contributed by atoms with Gasteiger partial charge >= 0.3 is 81.2 Å². The van der Waals surface area contributed by atoms with Crippen LogP contribution in [-0.2, 0) is 0 Å². The summed E-state index contributed by atoms with van der Waals surface area (Å²) in [5.41, 5.74) is 0. The summed E-state index contributed by atoms with van der Waals surface area (Å²) < 4.78 is 3.16. The van der Waals surface area contributed by atoms with Gasteiger partial charge in [0.25, 0.3) is 0 Å². The fraction of sp³-hybridized carbons (Fsp3) is 0.556. The fourth-order valence-corrected chi connectivity index (χ4v) is 5.11. The monoisotopic (exact) mass is 220 g/mol. The zero-order valence-corrected chi connectivity index (χ0v) is 11.2. The fourth-order valence-electron chi connectivity index (χ4n) is 0.943. The van der Waals surface area contributed by atoms with Crippen LogP contribution in [0.5, 0.6) is 0 Å². The molecule has 0 fully saturated rings.